The molecule has 23 heavy (non-hydrogen) atoms. The highest BCUT2D eigenvalue weighted by atomic mass is 16.5. The molecule has 0 fully saturated rings. The number of hydrogen-bond donors (Lipinski definition) is 1. The number of benzene rings is 1. The van der Waals surface area contributed by atoms with Crippen LogP contribution in [0.4, 0.5) is 5.69 Å². The lowest BCUT2D eigenvalue weighted by Crippen LogP contribution is -2.37. The third kappa shape index (κ3) is 6.37. The number of methoxy groups -OCH3 is 1. The summed E-state index contributed by atoms with van der Waals surface area (Å²) in [6, 6.07) is 6.89. The van der Waals surface area contributed by atoms with E-state index in [0.29, 0.717) is 11.4 Å². The first-order valence-corrected chi connectivity index (χ1v) is 7.18. The minimum atomic E-state index is -0.451. The van der Waals surface area contributed by atoms with E-state index in [1.165, 1.54) is 19.1 Å². The molecule has 0 atom stereocenters. The van der Waals surface area contributed by atoms with Crippen molar-refractivity contribution in [2.75, 3.05) is 32.6 Å². The molecule has 0 aliphatic carbocycles. The summed E-state index contributed by atoms with van der Waals surface area (Å²) in [6.45, 7) is 2.84. The van der Waals surface area contributed by atoms with Crippen molar-refractivity contribution >= 4 is 23.5 Å². The van der Waals surface area contributed by atoms with Crippen LogP contribution < -0.4 is 10.1 Å². The van der Waals surface area contributed by atoms with Crippen molar-refractivity contribution in [3.05, 3.63) is 24.3 Å². The highest BCUT2D eigenvalue weighted by Gasteiger charge is 2.16. The summed E-state index contributed by atoms with van der Waals surface area (Å²) in [5, 5.41) is 2.66. The van der Waals surface area contributed by atoms with E-state index in [2.05, 4.69) is 5.32 Å². The largest absolute Gasteiger partial charge is 0.497 e. The molecule has 0 spiro atoms. The topological polar surface area (TPSA) is 84.9 Å². The van der Waals surface area contributed by atoms with Gasteiger partial charge in [-0.05, 0) is 12.1 Å². The van der Waals surface area contributed by atoms with Crippen molar-refractivity contribution in [1.82, 2.24) is 4.90 Å². The van der Waals surface area contributed by atoms with E-state index in [1.807, 2.05) is 0 Å². The fraction of sp³-hybridized carbons (Fsp3) is 0.438. The number of carbonyl (C=O) groups is 3. The minimum absolute atomic E-state index is 0.144. The second kappa shape index (κ2) is 8.77. The number of amides is 2. The molecule has 0 aliphatic heterocycles. The predicted octanol–water partition coefficient (Wildman–Crippen LogP) is 1.29. The van der Waals surface area contributed by atoms with Crippen molar-refractivity contribution in [1.29, 1.82) is 0 Å². The molecule has 0 aromatic heterocycles. The maximum Gasteiger partial charge on any atom is 0.308 e. The first-order valence-electron chi connectivity index (χ1n) is 7.18. The predicted molar refractivity (Wildman–Crippen MR) is 85.1 cm³/mol. The molecular weight excluding hydrogens is 300 g/mol. The molecular formula is C16H22N2O5. The van der Waals surface area contributed by atoms with E-state index in [1.54, 1.807) is 38.1 Å². The van der Waals surface area contributed by atoms with Gasteiger partial charge < -0.3 is 19.7 Å². The van der Waals surface area contributed by atoms with Gasteiger partial charge in [0, 0.05) is 18.8 Å². The summed E-state index contributed by atoms with van der Waals surface area (Å²) in [5.74, 6) is -0.936. The Kier molecular flexibility index (Phi) is 7.05. The number of likely N-dealkylation sites (N-methyl/N-ethyl adjacent to an activating group) is 1. The number of anilines is 1. The van der Waals surface area contributed by atoms with E-state index in [0.717, 1.165) is 0 Å². The van der Waals surface area contributed by atoms with Crippen LogP contribution in [0, 0.1) is 5.92 Å². The molecule has 1 N–H and O–H groups in total. The third-order valence-corrected chi connectivity index (χ3v) is 2.97. The number of hydrogen-bond acceptors (Lipinski definition) is 5. The Balaban J connectivity index is 2.46. The normalized spacial score (nSPS) is 10.1. The summed E-state index contributed by atoms with van der Waals surface area (Å²) in [6.07, 6.45) is 0. The molecule has 0 unspecified atom stereocenters. The van der Waals surface area contributed by atoms with E-state index < -0.39 is 11.9 Å². The number of carbonyl (C=O) groups excluding carboxylic acids is 3. The summed E-state index contributed by atoms with van der Waals surface area (Å²) >= 11 is 0. The van der Waals surface area contributed by atoms with E-state index in [-0.39, 0.29) is 25.0 Å². The maximum absolute atomic E-state index is 11.9. The summed E-state index contributed by atoms with van der Waals surface area (Å²) in [7, 11) is 3.00. The number of nitrogens with one attached hydrogen (secondary N) is 1. The lowest BCUT2D eigenvalue weighted by Gasteiger charge is -2.17. The Morgan fingerprint density at radius 2 is 1.96 bits per heavy atom. The van der Waals surface area contributed by atoms with Gasteiger partial charge in [0.15, 0.2) is 6.61 Å². The van der Waals surface area contributed by atoms with Gasteiger partial charge in [0.05, 0.1) is 19.6 Å². The number of nitrogens with zero attached hydrogens (tertiary/aromatic N) is 1. The van der Waals surface area contributed by atoms with Gasteiger partial charge in [-0.15, -0.1) is 0 Å². The Bertz CT molecular complexity index is 571. The van der Waals surface area contributed by atoms with Crippen molar-refractivity contribution in [3.8, 4) is 5.75 Å². The maximum atomic E-state index is 11.9. The molecule has 0 saturated heterocycles. The van der Waals surface area contributed by atoms with Gasteiger partial charge in [-0.1, -0.05) is 19.9 Å². The van der Waals surface area contributed by atoms with Crippen LogP contribution in [-0.4, -0.2) is 50.0 Å². The lowest BCUT2D eigenvalue weighted by molar-refractivity contribution is -0.154. The smallest absolute Gasteiger partial charge is 0.308 e. The van der Waals surface area contributed by atoms with Gasteiger partial charge in [0.2, 0.25) is 5.91 Å². The van der Waals surface area contributed by atoms with Crippen molar-refractivity contribution in [2.24, 2.45) is 5.92 Å². The molecule has 7 heteroatoms. The number of ether oxygens (including phenoxy) is 2. The monoisotopic (exact) mass is 322 g/mol. The first-order chi connectivity index (χ1) is 10.8. The van der Waals surface area contributed by atoms with Gasteiger partial charge in [-0.25, -0.2) is 0 Å². The average Bonchev–Trinajstić information content (AvgIpc) is 2.51. The van der Waals surface area contributed by atoms with Crippen LogP contribution in [0.3, 0.4) is 0 Å². The van der Waals surface area contributed by atoms with Gasteiger partial charge in [0.25, 0.3) is 5.91 Å². The standard InChI is InChI=1S/C16H22N2O5/c1-11(2)16(21)23-10-15(20)18(3)9-14(19)17-12-6-5-7-13(8-12)22-4/h5-8,11H,9-10H2,1-4H3,(H,17,19). The van der Waals surface area contributed by atoms with Crippen LogP contribution in [0.2, 0.25) is 0 Å². The Labute approximate surface area is 135 Å². The minimum Gasteiger partial charge on any atom is -0.497 e. The van der Waals surface area contributed by atoms with Crippen LogP contribution >= 0.6 is 0 Å². The fourth-order valence-electron chi connectivity index (χ4n) is 1.61. The summed E-state index contributed by atoms with van der Waals surface area (Å²) in [4.78, 5) is 36.2. The third-order valence-electron chi connectivity index (χ3n) is 2.97. The zero-order chi connectivity index (χ0) is 17.4. The van der Waals surface area contributed by atoms with Gasteiger partial charge in [-0.3, -0.25) is 14.4 Å². The molecule has 7 nitrogen and oxygen atoms in total. The highest BCUT2D eigenvalue weighted by Crippen LogP contribution is 2.16. The quantitative estimate of drug-likeness (QED) is 0.765. The second-order valence-corrected chi connectivity index (χ2v) is 5.29. The van der Waals surface area contributed by atoms with Gasteiger partial charge in [-0.2, -0.15) is 0 Å². The van der Waals surface area contributed by atoms with Crippen LogP contribution in [-0.2, 0) is 19.1 Å². The van der Waals surface area contributed by atoms with Crippen LogP contribution in [0.5, 0.6) is 5.75 Å². The lowest BCUT2D eigenvalue weighted by atomic mass is 10.2. The molecule has 2 amide bonds. The number of rotatable bonds is 7. The Morgan fingerprint density at radius 3 is 2.57 bits per heavy atom. The van der Waals surface area contributed by atoms with Crippen LogP contribution in [0.25, 0.3) is 0 Å². The second-order valence-electron chi connectivity index (χ2n) is 5.29. The summed E-state index contributed by atoms with van der Waals surface area (Å²) in [5.41, 5.74) is 0.571. The van der Waals surface area contributed by atoms with Gasteiger partial charge >= 0.3 is 5.97 Å². The van der Waals surface area contributed by atoms with Crippen molar-refractivity contribution < 1.29 is 23.9 Å². The van der Waals surface area contributed by atoms with Crippen LogP contribution in [0.1, 0.15) is 13.8 Å². The zero-order valence-electron chi connectivity index (χ0n) is 13.8. The summed E-state index contributed by atoms with van der Waals surface area (Å²) < 4.78 is 9.90. The molecule has 1 aromatic rings. The van der Waals surface area contributed by atoms with Crippen LogP contribution in [0.15, 0.2) is 24.3 Å². The van der Waals surface area contributed by atoms with E-state index >= 15 is 0 Å². The van der Waals surface area contributed by atoms with Gasteiger partial charge in [0.1, 0.15) is 5.75 Å². The molecule has 0 aliphatic rings. The van der Waals surface area contributed by atoms with Crippen molar-refractivity contribution in [2.45, 2.75) is 13.8 Å². The SMILES string of the molecule is COc1cccc(NC(=O)CN(C)C(=O)COC(=O)C(C)C)c1. The molecule has 0 bridgehead atoms. The molecule has 1 aromatic carbocycles. The van der Waals surface area contributed by atoms with E-state index in [4.69, 9.17) is 9.47 Å². The molecule has 0 saturated carbocycles. The Morgan fingerprint density at radius 1 is 1.26 bits per heavy atom. The van der Waals surface area contributed by atoms with E-state index in [9.17, 15) is 14.4 Å². The molecule has 1 rings (SSSR count). The Hall–Kier alpha value is -2.57. The number of esters is 1. The molecule has 126 valence electrons. The molecule has 0 radical (unpaired) electrons. The first kappa shape index (κ1) is 18.5. The fourth-order valence-corrected chi connectivity index (χ4v) is 1.61. The van der Waals surface area contributed by atoms with Crippen molar-refractivity contribution in [3.63, 3.8) is 0 Å². The average molecular weight is 322 g/mol. The zero-order valence-corrected chi connectivity index (χ0v) is 13.8. The highest BCUT2D eigenvalue weighted by molar-refractivity contribution is 5.94. The molecule has 0 heterocycles.